The summed E-state index contributed by atoms with van der Waals surface area (Å²) in [6.07, 6.45) is 4.93. The van der Waals surface area contributed by atoms with Gasteiger partial charge in [0.15, 0.2) is 0 Å². The van der Waals surface area contributed by atoms with Gasteiger partial charge in [-0.25, -0.2) is 0 Å². The van der Waals surface area contributed by atoms with Crippen molar-refractivity contribution < 1.29 is 9.59 Å². The maximum Gasteiger partial charge on any atom is 0.235 e. The number of hydrogen-bond donors (Lipinski definition) is 1. The van der Waals surface area contributed by atoms with Crippen molar-refractivity contribution in [2.75, 3.05) is 13.1 Å². The number of carbonyl (C=O) groups excluding carboxylic acids is 2. The van der Waals surface area contributed by atoms with Gasteiger partial charge in [0.2, 0.25) is 11.8 Å². The second kappa shape index (κ2) is 10.3. The summed E-state index contributed by atoms with van der Waals surface area (Å²) in [5, 5.41) is 2.91. The third kappa shape index (κ3) is 5.83. The first-order valence-corrected chi connectivity index (χ1v) is 10.8. The number of benzene rings is 1. The molecule has 1 aromatic carbocycles. The van der Waals surface area contributed by atoms with Crippen LogP contribution in [0.25, 0.3) is 0 Å². The number of aromatic nitrogens is 1. The topological polar surface area (TPSA) is 62.3 Å². The Morgan fingerprint density at radius 3 is 2.54 bits per heavy atom. The normalized spacial score (nSPS) is 15.8. The van der Waals surface area contributed by atoms with Crippen LogP contribution < -0.4 is 5.32 Å². The molecule has 0 spiro atoms. The SMILES string of the molecule is C[C@H](SCc1ccccc1)C(=O)N1CCC(C(=O)NCc2cccnc2)CC1. The highest BCUT2D eigenvalue weighted by Crippen LogP contribution is 2.23. The molecule has 0 bridgehead atoms. The number of piperidine rings is 1. The molecule has 5 nitrogen and oxygen atoms in total. The summed E-state index contributed by atoms with van der Waals surface area (Å²) in [6.45, 7) is 3.78. The van der Waals surface area contributed by atoms with Crippen LogP contribution in [0.15, 0.2) is 54.9 Å². The summed E-state index contributed by atoms with van der Waals surface area (Å²) in [7, 11) is 0. The molecule has 0 aliphatic carbocycles. The fourth-order valence-corrected chi connectivity index (χ4v) is 4.25. The molecule has 2 aromatic rings. The molecule has 148 valence electrons. The van der Waals surface area contributed by atoms with Crippen molar-refractivity contribution in [2.24, 2.45) is 5.92 Å². The number of nitrogens with zero attached hydrogens (tertiary/aromatic N) is 2. The highest BCUT2D eigenvalue weighted by atomic mass is 32.2. The Hall–Kier alpha value is -2.34. The number of pyridine rings is 1. The highest BCUT2D eigenvalue weighted by Gasteiger charge is 2.29. The van der Waals surface area contributed by atoms with Crippen LogP contribution in [-0.2, 0) is 21.9 Å². The minimum absolute atomic E-state index is 0.0204. The van der Waals surface area contributed by atoms with Gasteiger partial charge < -0.3 is 10.2 Å². The molecule has 0 radical (unpaired) electrons. The Labute approximate surface area is 170 Å². The monoisotopic (exact) mass is 397 g/mol. The molecule has 1 aliphatic rings. The fraction of sp³-hybridized carbons (Fsp3) is 0.409. The van der Waals surface area contributed by atoms with E-state index in [1.807, 2.05) is 42.2 Å². The van der Waals surface area contributed by atoms with Crippen LogP contribution in [-0.4, -0.2) is 40.0 Å². The van der Waals surface area contributed by atoms with Gasteiger partial charge in [-0.1, -0.05) is 36.4 Å². The van der Waals surface area contributed by atoms with Crippen molar-refractivity contribution in [1.29, 1.82) is 0 Å². The number of nitrogens with one attached hydrogen (secondary N) is 1. The van der Waals surface area contributed by atoms with E-state index in [9.17, 15) is 9.59 Å². The molecule has 2 heterocycles. The van der Waals surface area contributed by atoms with Gasteiger partial charge in [0.25, 0.3) is 0 Å². The summed E-state index contributed by atoms with van der Waals surface area (Å²) in [5.41, 5.74) is 2.23. The number of amides is 2. The Morgan fingerprint density at radius 1 is 1.14 bits per heavy atom. The van der Waals surface area contributed by atoms with Crippen molar-refractivity contribution >= 4 is 23.6 Å². The maximum atomic E-state index is 12.7. The van der Waals surface area contributed by atoms with Crippen LogP contribution in [0.5, 0.6) is 0 Å². The van der Waals surface area contributed by atoms with Crippen molar-refractivity contribution in [3.63, 3.8) is 0 Å². The van der Waals surface area contributed by atoms with Crippen LogP contribution in [0, 0.1) is 5.92 Å². The molecule has 28 heavy (non-hydrogen) atoms. The van der Waals surface area contributed by atoms with Crippen molar-refractivity contribution in [2.45, 2.75) is 37.3 Å². The molecule has 6 heteroatoms. The lowest BCUT2D eigenvalue weighted by molar-refractivity contribution is -0.135. The first-order valence-electron chi connectivity index (χ1n) is 9.74. The molecule has 1 saturated heterocycles. The molecule has 2 amide bonds. The van der Waals surface area contributed by atoms with E-state index in [1.165, 1.54) is 5.56 Å². The maximum absolute atomic E-state index is 12.7. The number of carbonyl (C=O) groups is 2. The zero-order valence-corrected chi connectivity index (χ0v) is 17.0. The van der Waals surface area contributed by atoms with E-state index in [0.717, 1.165) is 24.2 Å². The van der Waals surface area contributed by atoms with Gasteiger partial charge in [-0.15, -0.1) is 11.8 Å². The van der Waals surface area contributed by atoms with Gasteiger partial charge >= 0.3 is 0 Å². The number of hydrogen-bond acceptors (Lipinski definition) is 4. The van der Waals surface area contributed by atoms with E-state index in [-0.39, 0.29) is 23.0 Å². The van der Waals surface area contributed by atoms with Crippen LogP contribution in [0.2, 0.25) is 0 Å². The Morgan fingerprint density at radius 2 is 1.86 bits per heavy atom. The third-order valence-electron chi connectivity index (χ3n) is 5.06. The van der Waals surface area contributed by atoms with Crippen LogP contribution in [0.4, 0.5) is 0 Å². The molecule has 1 atom stereocenters. The smallest absolute Gasteiger partial charge is 0.235 e. The zero-order valence-electron chi connectivity index (χ0n) is 16.2. The largest absolute Gasteiger partial charge is 0.352 e. The zero-order chi connectivity index (χ0) is 19.8. The van der Waals surface area contributed by atoms with E-state index in [1.54, 1.807) is 24.2 Å². The lowest BCUT2D eigenvalue weighted by Crippen LogP contribution is -2.45. The van der Waals surface area contributed by atoms with E-state index < -0.39 is 0 Å². The first kappa shape index (κ1) is 20.4. The molecule has 1 N–H and O–H groups in total. The van der Waals surface area contributed by atoms with Gasteiger partial charge in [-0.05, 0) is 37.0 Å². The minimum atomic E-state index is -0.0730. The predicted octanol–water partition coefficient (Wildman–Crippen LogP) is 3.26. The lowest BCUT2D eigenvalue weighted by Gasteiger charge is -2.33. The quantitative estimate of drug-likeness (QED) is 0.779. The van der Waals surface area contributed by atoms with E-state index in [2.05, 4.69) is 22.4 Å². The Kier molecular flexibility index (Phi) is 7.48. The summed E-state index contributed by atoms with van der Waals surface area (Å²) in [4.78, 5) is 31.1. The minimum Gasteiger partial charge on any atom is -0.352 e. The predicted molar refractivity (Wildman–Crippen MR) is 113 cm³/mol. The molecule has 3 rings (SSSR count). The van der Waals surface area contributed by atoms with Crippen LogP contribution >= 0.6 is 11.8 Å². The fourth-order valence-electron chi connectivity index (χ4n) is 3.32. The van der Waals surface area contributed by atoms with E-state index >= 15 is 0 Å². The van der Waals surface area contributed by atoms with E-state index in [0.29, 0.717) is 19.6 Å². The van der Waals surface area contributed by atoms with Crippen molar-refractivity contribution in [3.8, 4) is 0 Å². The second-order valence-corrected chi connectivity index (χ2v) is 8.45. The summed E-state index contributed by atoms with van der Waals surface area (Å²) >= 11 is 1.67. The van der Waals surface area contributed by atoms with Crippen LogP contribution in [0.3, 0.4) is 0 Å². The molecule has 0 saturated carbocycles. The molecular weight excluding hydrogens is 370 g/mol. The number of thioether (sulfide) groups is 1. The Bertz CT molecular complexity index is 762. The highest BCUT2D eigenvalue weighted by molar-refractivity contribution is 7.99. The molecule has 1 aromatic heterocycles. The van der Waals surface area contributed by atoms with Gasteiger partial charge in [0.1, 0.15) is 0 Å². The Balaban J connectivity index is 1.40. The first-order chi connectivity index (χ1) is 13.6. The van der Waals surface area contributed by atoms with Crippen molar-refractivity contribution in [3.05, 3.63) is 66.0 Å². The van der Waals surface area contributed by atoms with Crippen molar-refractivity contribution in [1.82, 2.24) is 15.2 Å². The third-order valence-corrected chi connectivity index (χ3v) is 6.26. The summed E-state index contributed by atoms with van der Waals surface area (Å²) in [6, 6.07) is 14.0. The average Bonchev–Trinajstić information content (AvgIpc) is 2.77. The molecule has 1 aliphatic heterocycles. The molecular formula is C22H27N3O2S. The van der Waals surface area contributed by atoms with Gasteiger partial charge in [-0.3, -0.25) is 14.6 Å². The molecule has 0 unspecified atom stereocenters. The van der Waals surface area contributed by atoms with Crippen LogP contribution in [0.1, 0.15) is 30.9 Å². The number of likely N-dealkylation sites (tertiary alicyclic amines) is 1. The standard InChI is InChI=1S/C22H27N3O2S/c1-17(28-16-18-6-3-2-4-7-18)22(27)25-12-9-20(10-13-25)21(26)24-15-19-8-5-11-23-14-19/h2-8,11,14,17,20H,9-10,12-13,15-16H2,1H3,(H,24,26)/t17-/m0/s1. The summed E-state index contributed by atoms with van der Waals surface area (Å²) in [5.74, 6) is 1.06. The average molecular weight is 398 g/mol. The second-order valence-electron chi connectivity index (χ2n) is 7.12. The summed E-state index contributed by atoms with van der Waals surface area (Å²) < 4.78 is 0. The molecule has 1 fully saturated rings. The van der Waals surface area contributed by atoms with E-state index in [4.69, 9.17) is 0 Å². The van der Waals surface area contributed by atoms with Gasteiger partial charge in [0, 0.05) is 43.7 Å². The van der Waals surface area contributed by atoms with Gasteiger partial charge in [-0.2, -0.15) is 0 Å². The lowest BCUT2D eigenvalue weighted by atomic mass is 9.95. The number of rotatable bonds is 7. The van der Waals surface area contributed by atoms with Gasteiger partial charge in [0.05, 0.1) is 5.25 Å².